The van der Waals surface area contributed by atoms with Gasteiger partial charge in [0.1, 0.15) is 5.60 Å². The van der Waals surface area contributed by atoms with Crippen molar-refractivity contribution in [1.29, 1.82) is 0 Å². The summed E-state index contributed by atoms with van der Waals surface area (Å²) in [4.78, 5) is 4.71. The van der Waals surface area contributed by atoms with Crippen LogP contribution < -0.4 is 5.32 Å². The van der Waals surface area contributed by atoms with Crippen LogP contribution in [0.25, 0.3) is 0 Å². The molecule has 1 aromatic rings. The lowest BCUT2D eigenvalue weighted by atomic mass is 9.79. The Bertz CT molecular complexity index is 457. The van der Waals surface area contributed by atoms with E-state index in [-0.39, 0.29) is 11.0 Å². The molecule has 5 nitrogen and oxygen atoms in total. The zero-order valence-electron chi connectivity index (χ0n) is 12.7. The first kappa shape index (κ1) is 14.0. The Morgan fingerprint density at radius 3 is 2.65 bits per heavy atom. The average molecular weight is 279 g/mol. The van der Waals surface area contributed by atoms with Crippen LogP contribution in [0.4, 0.5) is 0 Å². The molecule has 1 saturated heterocycles. The number of hydrogen-bond acceptors (Lipinski definition) is 5. The van der Waals surface area contributed by atoms with Crippen molar-refractivity contribution >= 4 is 0 Å². The maximum atomic E-state index is 5.82. The zero-order chi connectivity index (χ0) is 14.2. The van der Waals surface area contributed by atoms with Crippen LogP contribution in [-0.4, -0.2) is 30.3 Å². The molecular formula is C15H25N3O2. The highest BCUT2D eigenvalue weighted by atomic mass is 16.5. The minimum atomic E-state index is -0.337. The normalized spacial score (nSPS) is 38.2. The minimum Gasteiger partial charge on any atom is -0.370 e. The molecule has 2 aliphatic rings. The fraction of sp³-hybridized carbons (Fsp3) is 0.867. The molecule has 1 aromatic heterocycles. The van der Waals surface area contributed by atoms with Crippen LogP contribution in [0.2, 0.25) is 0 Å². The van der Waals surface area contributed by atoms with Crippen LogP contribution >= 0.6 is 0 Å². The number of nitrogens with one attached hydrogen (secondary N) is 1. The summed E-state index contributed by atoms with van der Waals surface area (Å²) in [6.07, 6.45) is 5.34. The van der Waals surface area contributed by atoms with Gasteiger partial charge in [-0.25, -0.2) is 0 Å². The van der Waals surface area contributed by atoms with Crippen LogP contribution in [0.3, 0.4) is 0 Å². The van der Waals surface area contributed by atoms with Gasteiger partial charge in [-0.2, -0.15) is 4.98 Å². The fourth-order valence-electron chi connectivity index (χ4n) is 3.40. The first-order valence-electron chi connectivity index (χ1n) is 7.69. The number of ether oxygens (including phenoxy) is 1. The van der Waals surface area contributed by atoms with Gasteiger partial charge in [0, 0.05) is 13.7 Å². The maximum Gasteiger partial charge on any atom is 0.234 e. The number of methoxy groups -OCH3 is 1. The number of nitrogens with zero attached hydrogens (tertiary/aromatic N) is 2. The topological polar surface area (TPSA) is 60.2 Å². The van der Waals surface area contributed by atoms with Crippen LogP contribution in [0.1, 0.15) is 57.7 Å². The molecule has 5 heteroatoms. The molecule has 1 unspecified atom stereocenters. The van der Waals surface area contributed by atoms with Crippen molar-refractivity contribution in [3.05, 3.63) is 11.7 Å². The molecule has 1 aliphatic carbocycles. The highest BCUT2D eigenvalue weighted by molar-refractivity contribution is 5.11. The largest absolute Gasteiger partial charge is 0.370 e. The van der Waals surface area contributed by atoms with Gasteiger partial charge in [-0.1, -0.05) is 12.1 Å². The van der Waals surface area contributed by atoms with E-state index in [0.29, 0.717) is 0 Å². The van der Waals surface area contributed by atoms with Crippen LogP contribution in [0, 0.1) is 5.92 Å². The van der Waals surface area contributed by atoms with Crippen molar-refractivity contribution in [3.63, 3.8) is 0 Å². The summed E-state index contributed by atoms with van der Waals surface area (Å²) in [5.41, 5.74) is -0.362. The van der Waals surface area contributed by atoms with E-state index in [1.807, 2.05) is 0 Å². The van der Waals surface area contributed by atoms with Gasteiger partial charge in [0.15, 0.2) is 0 Å². The minimum absolute atomic E-state index is 0.0257. The molecule has 1 aliphatic heterocycles. The third kappa shape index (κ3) is 2.27. The third-order valence-corrected chi connectivity index (χ3v) is 5.19. The molecule has 0 spiro atoms. The van der Waals surface area contributed by atoms with Crippen molar-refractivity contribution in [1.82, 2.24) is 15.5 Å². The van der Waals surface area contributed by atoms with Crippen molar-refractivity contribution in [2.75, 3.05) is 20.2 Å². The van der Waals surface area contributed by atoms with Crippen molar-refractivity contribution in [2.45, 2.75) is 57.0 Å². The van der Waals surface area contributed by atoms with E-state index in [9.17, 15) is 0 Å². The van der Waals surface area contributed by atoms with Gasteiger partial charge in [-0.05, 0) is 51.5 Å². The van der Waals surface area contributed by atoms with Crippen LogP contribution in [-0.2, 0) is 15.8 Å². The predicted octanol–water partition coefficient (Wildman–Crippen LogP) is 2.37. The second-order valence-electron chi connectivity index (χ2n) is 6.79. The van der Waals surface area contributed by atoms with Crippen molar-refractivity contribution < 1.29 is 9.26 Å². The second kappa shape index (κ2) is 5.11. The lowest BCUT2D eigenvalue weighted by Gasteiger charge is -2.35. The van der Waals surface area contributed by atoms with Gasteiger partial charge in [-0.15, -0.1) is 0 Å². The van der Waals surface area contributed by atoms with Gasteiger partial charge in [-0.3, -0.25) is 0 Å². The molecule has 3 rings (SSSR count). The number of hydrogen-bond donors (Lipinski definition) is 1. The maximum absolute atomic E-state index is 5.82. The highest BCUT2D eigenvalue weighted by Crippen LogP contribution is 2.41. The second-order valence-corrected chi connectivity index (χ2v) is 6.79. The first-order valence-corrected chi connectivity index (χ1v) is 7.69. The average Bonchev–Trinajstić information content (AvgIpc) is 3.10. The summed E-state index contributed by atoms with van der Waals surface area (Å²) in [6, 6.07) is 0. The summed E-state index contributed by atoms with van der Waals surface area (Å²) in [7, 11) is 1.77. The zero-order valence-corrected chi connectivity index (χ0v) is 12.7. The Kier molecular flexibility index (Phi) is 3.58. The molecular weight excluding hydrogens is 254 g/mol. The van der Waals surface area contributed by atoms with E-state index in [1.54, 1.807) is 7.11 Å². The van der Waals surface area contributed by atoms with Gasteiger partial charge in [0.25, 0.3) is 0 Å². The monoisotopic (exact) mass is 279 g/mol. The summed E-state index contributed by atoms with van der Waals surface area (Å²) in [5, 5.41) is 7.63. The quantitative estimate of drug-likeness (QED) is 0.920. The summed E-state index contributed by atoms with van der Waals surface area (Å²) in [6.45, 7) is 6.41. The van der Waals surface area contributed by atoms with Gasteiger partial charge >= 0.3 is 0 Å². The Labute approximate surface area is 120 Å². The molecule has 0 amide bonds. The summed E-state index contributed by atoms with van der Waals surface area (Å²) in [5.74, 6) is 2.27. The van der Waals surface area contributed by atoms with E-state index in [2.05, 4.69) is 24.3 Å². The van der Waals surface area contributed by atoms with Crippen molar-refractivity contribution in [2.24, 2.45) is 5.92 Å². The predicted molar refractivity (Wildman–Crippen MR) is 75.5 cm³/mol. The summed E-state index contributed by atoms with van der Waals surface area (Å²) < 4.78 is 11.4. The van der Waals surface area contributed by atoms with Gasteiger partial charge in [0.2, 0.25) is 11.7 Å². The van der Waals surface area contributed by atoms with E-state index >= 15 is 0 Å². The first-order chi connectivity index (χ1) is 9.58. The molecule has 0 aromatic carbocycles. The molecule has 2 fully saturated rings. The standard InChI is InChI=1S/C15H25N3O2/c1-11-4-6-15(19-3,7-5-11)12-17-13(20-18-12)14(2)8-9-16-10-14/h11,16H,4-10H2,1-3H3. The Morgan fingerprint density at radius 2 is 2.05 bits per heavy atom. The smallest absolute Gasteiger partial charge is 0.234 e. The lowest BCUT2D eigenvalue weighted by Crippen LogP contribution is -2.34. The molecule has 2 heterocycles. The Hall–Kier alpha value is -0.940. The van der Waals surface area contributed by atoms with E-state index < -0.39 is 0 Å². The Balaban J connectivity index is 1.85. The lowest BCUT2D eigenvalue weighted by molar-refractivity contribution is -0.0609. The number of rotatable bonds is 3. The molecule has 0 bridgehead atoms. The van der Waals surface area contributed by atoms with E-state index in [4.69, 9.17) is 14.2 Å². The van der Waals surface area contributed by atoms with Crippen LogP contribution in [0.15, 0.2) is 4.52 Å². The fourth-order valence-corrected chi connectivity index (χ4v) is 3.40. The van der Waals surface area contributed by atoms with Crippen LogP contribution in [0.5, 0.6) is 0 Å². The molecule has 1 atom stereocenters. The Morgan fingerprint density at radius 1 is 1.30 bits per heavy atom. The highest BCUT2D eigenvalue weighted by Gasteiger charge is 2.43. The summed E-state index contributed by atoms with van der Waals surface area (Å²) >= 11 is 0. The van der Waals surface area contributed by atoms with Crippen molar-refractivity contribution in [3.8, 4) is 0 Å². The number of aromatic nitrogens is 2. The van der Waals surface area contributed by atoms with Gasteiger partial charge < -0.3 is 14.6 Å². The van der Waals surface area contributed by atoms with E-state index in [0.717, 1.165) is 62.8 Å². The molecule has 20 heavy (non-hydrogen) atoms. The SMILES string of the molecule is COC1(c2noc(C3(C)CCNC3)n2)CCC(C)CC1. The van der Waals surface area contributed by atoms with E-state index in [1.165, 1.54) is 0 Å². The third-order valence-electron chi connectivity index (χ3n) is 5.19. The molecule has 1 saturated carbocycles. The molecule has 112 valence electrons. The molecule has 0 radical (unpaired) electrons. The molecule has 1 N–H and O–H groups in total. The van der Waals surface area contributed by atoms with Gasteiger partial charge in [0.05, 0.1) is 5.41 Å².